The van der Waals surface area contributed by atoms with Gasteiger partial charge in [0.05, 0.1) is 17.6 Å². The molecule has 0 aliphatic rings. The molecule has 0 unspecified atom stereocenters. The van der Waals surface area contributed by atoms with Gasteiger partial charge in [0, 0.05) is 30.0 Å². The number of amides is 1. The van der Waals surface area contributed by atoms with Gasteiger partial charge in [0.15, 0.2) is 0 Å². The Kier molecular flexibility index (Phi) is 4.58. The van der Waals surface area contributed by atoms with Crippen LogP contribution in [0.5, 0.6) is 0 Å². The normalized spacial score (nSPS) is 11.3. The topological polar surface area (TPSA) is 62.7 Å². The molecule has 5 heteroatoms. The first-order chi connectivity index (χ1) is 13.2. The van der Waals surface area contributed by atoms with Gasteiger partial charge < -0.3 is 9.88 Å². The number of nitrogens with one attached hydrogen (secondary N) is 2. The van der Waals surface area contributed by atoms with Crippen molar-refractivity contribution in [2.45, 2.75) is 6.42 Å². The first kappa shape index (κ1) is 16.8. The Morgan fingerprint density at radius 3 is 2.74 bits per heavy atom. The molecule has 2 N–H and O–H groups in total. The lowest BCUT2D eigenvalue weighted by Gasteiger charge is -2.09. The van der Waals surface area contributed by atoms with Gasteiger partial charge in [-0.3, -0.25) is 9.89 Å². The molecule has 0 saturated heterocycles. The van der Waals surface area contributed by atoms with E-state index in [-0.39, 0.29) is 5.91 Å². The van der Waals surface area contributed by atoms with Gasteiger partial charge in [-0.15, -0.1) is 0 Å². The summed E-state index contributed by atoms with van der Waals surface area (Å²) in [5, 5.41) is 11.5. The minimum atomic E-state index is -0.0390. The summed E-state index contributed by atoms with van der Waals surface area (Å²) in [4.78, 5) is 12.4. The van der Waals surface area contributed by atoms with Crippen LogP contribution in [-0.2, 0) is 18.3 Å². The van der Waals surface area contributed by atoms with Crippen LogP contribution in [0.3, 0.4) is 0 Å². The Balaban J connectivity index is 1.54. The van der Waals surface area contributed by atoms with Crippen molar-refractivity contribution in [1.82, 2.24) is 14.8 Å². The first-order valence-corrected chi connectivity index (χ1v) is 8.81. The molecule has 0 bridgehead atoms. The second-order valence-corrected chi connectivity index (χ2v) is 6.41. The molecule has 0 spiro atoms. The number of aromatic amines is 1. The highest BCUT2D eigenvalue weighted by Crippen LogP contribution is 2.21. The summed E-state index contributed by atoms with van der Waals surface area (Å²) in [5.41, 5.74) is 4.57. The van der Waals surface area contributed by atoms with Crippen LogP contribution in [0.15, 0.2) is 66.9 Å². The lowest BCUT2D eigenvalue weighted by molar-refractivity contribution is -0.115. The number of nitrogens with zero attached hydrogens (tertiary/aromatic N) is 2. The van der Waals surface area contributed by atoms with E-state index in [2.05, 4.69) is 15.5 Å². The van der Waals surface area contributed by atoms with Gasteiger partial charge in [0.1, 0.15) is 0 Å². The third kappa shape index (κ3) is 3.67. The Morgan fingerprint density at radius 2 is 1.89 bits per heavy atom. The molecule has 4 aromatic rings. The van der Waals surface area contributed by atoms with E-state index < -0.39 is 0 Å². The summed E-state index contributed by atoms with van der Waals surface area (Å²) < 4.78 is 1.95. The van der Waals surface area contributed by atoms with Gasteiger partial charge in [-0.05, 0) is 35.9 Å². The van der Waals surface area contributed by atoms with Gasteiger partial charge in [-0.2, -0.15) is 5.10 Å². The van der Waals surface area contributed by atoms with E-state index in [0.29, 0.717) is 6.42 Å². The number of benzene rings is 2. The minimum absolute atomic E-state index is 0.0390. The monoisotopic (exact) mass is 356 g/mol. The number of H-pyrrole nitrogens is 1. The van der Waals surface area contributed by atoms with Crippen LogP contribution in [0.2, 0.25) is 0 Å². The lowest BCUT2D eigenvalue weighted by atomic mass is 10.1. The summed E-state index contributed by atoms with van der Waals surface area (Å²) in [7, 11) is 1.94. The van der Waals surface area contributed by atoms with Gasteiger partial charge in [-0.25, -0.2) is 0 Å². The molecule has 2 aromatic heterocycles. The third-order valence-electron chi connectivity index (χ3n) is 4.55. The van der Waals surface area contributed by atoms with Gasteiger partial charge in [0.2, 0.25) is 5.91 Å². The summed E-state index contributed by atoms with van der Waals surface area (Å²) in [6.07, 6.45) is 6.21. The fourth-order valence-corrected chi connectivity index (χ4v) is 3.08. The highest BCUT2D eigenvalue weighted by atomic mass is 16.1. The number of aryl methyl sites for hydroxylation is 1. The molecule has 0 aliphatic carbocycles. The quantitative estimate of drug-likeness (QED) is 0.561. The second-order valence-electron chi connectivity index (χ2n) is 6.41. The van der Waals surface area contributed by atoms with E-state index in [1.165, 1.54) is 0 Å². The van der Waals surface area contributed by atoms with Crippen LogP contribution in [0.4, 0.5) is 5.69 Å². The number of rotatable bonds is 5. The summed E-state index contributed by atoms with van der Waals surface area (Å²) in [6, 6.07) is 19.6. The van der Waals surface area contributed by atoms with Gasteiger partial charge in [0.25, 0.3) is 0 Å². The number of anilines is 1. The van der Waals surface area contributed by atoms with E-state index in [1.807, 2.05) is 90.6 Å². The van der Waals surface area contributed by atoms with E-state index in [4.69, 9.17) is 0 Å². The van der Waals surface area contributed by atoms with Crippen molar-refractivity contribution in [1.29, 1.82) is 0 Å². The molecule has 0 aliphatic heterocycles. The van der Waals surface area contributed by atoms with Crippen molar-refractivity contribution < 1.29 is 4.79 Å². The van der Waals surface area contributed by atoms with Crippen molar-refractivity contribution in [3.8, 4) is 0 Å². The van der Waals surface area contributed by atoms with Crippen LogP contribution >= 0.6 is 0 Å². The van der Waals surface area contributed by atoms with Crippen LogP contribution < -0.4 is 5.32 Å². The van der Waals surface area contributed by atoms with Crippen molar-refractivity contribution in [3.05, 3.63) is 83.8 Å². The molecule has 2 aromatic carbocycles. The number of fused-ring (bicyclic) bond motifs is 1. The van der Waals surface area contributed by atoms with Crippen LogP contribution in [-0.4, -0.2) is 20.7 Å². The smallest absolute Gasteiger partial charge is 0.230 e. The number of carbonyl (C=O) groups excluding carboxylic acids is 1. The maximum atomic E-state index is 12.4. The largest absolute Gasteiger partial charge is 0.354 e. The van der Waals surface area contributed by atoms with Crippen molar-refractivity contribution in [3.63, 3.8) is 0 Å². The average molecular weight is 356 g/mol. The number of hydrogen-bond acceptors (Lipinski definition) is 2. The molecule has 4 rings (SSSR count). The molecule has 1 amide bonds. The fraction of sp³-hybridized carbons (Fsp3) is 0.0909. The van der Waals surface area contributed by atoms with Gasteiger partial charge >= 0.3 is 0 Å². The van der Waals surface area contributed by atoms with Crippen LogP contribution in [0.1, 0.15) is 17.0 Å². The number of para-hydroxylation sites is 2. The Hall–Kier alpha value is -3.60. The molecular weight excluding hydrogens is 336 g/mol. The van der Waals surface area contributed by atoms with E-state index in [9.17, 15) is 4.79 Å². The fourth-order valence-electron chi connectivity index (χ4n) is 3.08. The molecular formula is C22H20N4O. The predicted molar refractivity (Wildman–Crippen MR) is 109 cm³/mol. The van der Waals surface area contributed by atoms with Crippen LogP contribution in [0.25, 0.3) is 23.1 Å². The minimum Gasteiger partial charge on any atom is -0.354 e. The maximum Gasteiger partial charge on any atom is 0.230 e. The molecule has 2 heterocycles. The molecule has 27 heavy (non-hydrogen) atoms. The zero-order valence-corrected chi connectivity index (χ0v) is 15.0. The van der Waals surface area contributed by atoms with E-state index in [1.54, 1.807) is 0 Å². The zero-order valence-electron chi connectivity index (χ0n) is 15.0. The summed E-state index contributed by atoms with van der Waals surface area (Å²) in [5.74, 6) is -0.0390. The molecule has 0 atom stereocenters. The van der Waals surface area contributed by atoms with E-state index in [0.717, 1.165) is 33.5 Å². The first-order valence-electron chi connectivity index (χ1n) is 8.81. The average Bonchev–Trinajstić information content (AvgIpc) is 3.27. The lowest BCUT2D eigenvalue weighted by Crippen LogP contribution is -2.16. The highest BCUT2D eigenvalue weighted by Gasteiger charge is 2.08. The summed E-state index contributed by atoms with van der Waals surface area (Å²) in [6.45, 7) is 0. The predicted octanol–water partition coefficient (Wildman–Crippen LogP) is 4.25. The Bertz CT molecular complexity index is 1120. The third-order valence-corrected chi connectivity index (χ3v) is 4.55. The second kappa shape index (κ2) is 7.33. The Morgan fingerprint density at radius 1 is 1.07 bits per heavy atom. The highest BCUT2D eigenvalue weighted by molar-refractivity contribution is 5.96. The van der Waals surface area contributed by atoms with Crippen molar-refractivity contribution in [2.24, 2.45) is 7.05 Å². The number of carbonyl (C=O) groups is 1. The molecule has 134 valence electrons. The maximum absolute atomic E-state index is 12.4. The molecule has 0 saturated carbocycles. The van der Waals surface area contributed by atoms with Crippen molar-refractivity contribution in [2.75, 3.05) is 5.32 Å². The molecule has 5 nitrogen and oxygen atoms in total. The molecule has 0 fully saturated rings. The van der Waals surface area contributed by atoms with E-state index >= 15 is 0 Å². The number of aromatic nitrogens is 3. The Labute approximate surface area is 157 Å². The van der Waals surface area contributed by atoms with Gasteiger partial charge in [-0.1, -0.05) is 42.5 Å². The van der Waals surface area contributed by atoms with Crippen molar-refractivity contribution >= 4 is 34.6 Å². The zero-order chi connectivity index (χ0) is 18.6. The molecule has 0 radical (unpaired) electrons. The summed E-state index contributed by atoms with van der Waals surface area (Å²) >= 11 is 0. The number of hydrogen-bond donors (Lipinski definition) is 2. The SMILES string of the molecule is Cn1cccc1CC(=O)Nc1ccccc1C=Cc1n[nH]c2ccccc12. The standard InChI is InChI=1S/C22H20N4O/c1-26-14-6-8-17(26)15-22(27)23-19-10-4-2-7-16(19)12-13-21-18-9-3-5-11-20(18)24-25-21/h2-14H,15H2,1H3,(H,23,27)(H,24,25). The van der Waals surface area contributed by atoms with Crippen LogP contribution in [0, 0.1) is 0 Å².